The van der Waals surface area contributed by atoms with Gasteiger partial charge in [0.1, 0.15) is 11.9 Å². The van der Waals surface area contributed by atoms with Crippen LogP contribution in [0.3, 0.4) is 0 Å². The van der Waals surface area contributed by atoms with Gasteiger partial charge in [-0.05, 0) is 82.3 Å². The van der Waals surface area contributed by atoms with Gasteiger partial charge in [-0.3, -0.25) is 14.5 Å². The van der Waals surface area contributed by atoms with Crippen LogP contribution in [0.4, 0.5) is 10.1 Å². The van der Waals surface area contributed by atoms with Crippen molar-refractivity contribution in [3.8, 4) is 0 Å². The highest BCUT2D eigenvalue weighted by atomic mass is 127. The maximum absolute atomic E-state index is 13.4. The van der Waals surface area contributed by atoms with Crippen molar-refractivity contribution in [1.82, 2.24) is 9.80 Å². The Morgan fingerprint density at radius 2 is 1.58 bits per heavy atom. The average molecular weight is 573 g/mol. The number of anilines is 1. The van der Waals surface area contributed by atoms with E-state index in [0.29, 0.717) is 23.9 Å². The largest absolute Gasteiger partial charge is 0.332 e. The third-order valence-electron chi connectivity index (χ3n) is 5.36. The number of carbonyl (C=O) groups excluding carboxylic acids is 2. The van der Waals surface area contributed by atoms with Crippen LogP contribution < -0.4 is 5.32 Å². The predicted molar refractivity (Wildman–Crippen MR) is 138 cm³/mol. The molecule has 1 saturated heterocycles. The van der Waals surface area contributed by atoms with Crippen LogP contribution in [0, 0.1) is 9.39 Å². The first-order valence-corrected chi connectivity index (χ1v) is 11.8. The standard InChI is InChI=1S/C25H21FIN3O2S/c26-19-8-6-18(7-9-19)15-29-22(14-23(31)28-21-12-10-20(27)11-13-21)24(32)30(25(29)33)16-17-4-2-1-3-5-17/h1-13,22H,14-16H2,(H,28,31). The van der Waals surface area contributed by atoms with Gasteiger partial charge in [0.25, 0.3) is 5.91 Å². The first-order chi connectivity index (χ1) is 15.9. The molecule has 1 aliphatic rings. The van der Waals surface area contributed by atoms with Crippen LogP contribution in [-0.2, 0) is 22.7 Å². The lowest BCUT2D eigenvalue weighted by Crippen LogP contribution is -2.37. The van der Waals surface area contributed by atoms with E-state index in [2.05, 4.69) is 27.9 Å². The number of hydrogen-bond acceptors (Lipinski definition) is 3. The second-order valence-electron chi connectivity index (χ2n) is 7.72. The van der Waals surface area contributed by atoms with Crippen molar-refractivity contribution in [2.45, 2.75) is 25.6 Å². The highest BCUT2D eigenvalue weighted by Crippen LogP contribution is 2.26. The Morgan fingerprint density at radius 3 is 2.24 bits per heavy atom. The molecule has 0 radical (unpaired) electrons. The van der Waals surface area contributed by atoms with Crippen molar-refractivity contribution in [1.29, 1.82) is 0 Å². The van der Waals surface area contributed by atoms with Crippen LogP contribution in [0.2, 0.25) is 0 Å². The number of thiocarbonyl (C=S) groups is 1. The van der Waals surface area contributed by atoms with E-state index in [4.69, 9.17) is 12.2 Å². The molecule has 1 fully saturated rings. The van der Waals surface area contributed by atoms with Gasteiger partial charge in [-0.1, -0.05) is 42.5 Å². The minimum atomic E-state index is -0.741. The van der Waals surface area contributed by atoms with Gasteiger partial charge in [-0.25, -0.2) is 4.39 Å². The smallest absolute Gasteiger partial charge is 0.252 e. The molecule has 1 heterocycles. The number of nitrogens with one attached hydrogen (secondary N) is 1. The Kier molecular flexibility index (Phi) is 7.34. The third-order valence-corrected chi connectivity index (χ3v) is 6.53. The molecular formula is C25H21FIN3O2S. The fourth-order valence-electron chi connectivity index (χ4n) is 3.69. The van der Waals surface area contributed by atoms with E-state index in [9.17, 15) is 14.0 Å². The van der Waals surface area contributed by atoms with Gasteiger partial charge < -0.3 is 10.2 Å². The van der Waals surface area contributed by atoms with Crippen LogP contribution in [-0.4, -0.2) is 32.8 Å². The monoisotopic (exact) mass is 573 g/mol. The summed E-state index contributed by atoms with van der Waals surface area (Å²) in [6.45, 7) is 0.630. The summed E-state index contributed by atoms with van der Waals surface area (Å²) in [5, 5.41) is 3.22. The third kappa shape index (κ3) is 5.75. The van der Waals surface area contributed by atoms with Crippen molar-refractivity contribution in [3.05, 3.63) is 99.4 Å². The summed E-state index contributed by atoms with van der Waals surface area (Å²) in [7, 11) is 0. The lowest BCUT2D eigenvalue weighted by molar-refractivity contribution is -0.131. The molecular weight excluding hydrogens is 552 g/mol. The number of amides is 2. The van der Waals surface area contributed by atoms with Crippen molar-refractivity contribution in [2.75, 3.05) is 5.32 Å². The summed E-state index contributed by atoms with van der Waals surface area (Å²) in [6.07, 6.45) is -0.0442. The molecule has 0 spiro atoms. The van der Waals surface area contributed by atoms with Crippen LogP contribution >= 0.6 is 34.8 Å². The molecule has 1 unspecified atom stereocenters. The van der Waals surface area contributed by atoms with Gasteiger partial charge in [0.05, 0.1) is 13.0 Å². The Morgan fingerprint density at radius 1 is 0.939 bits per heavy atom. The molecule has 168 valence electrons. The van der Waals surface area contributed by atoms with Crippen LogP contribution in [0.25, 0.3) is 0 Å². The topological polar surface area (TPSA) is 52.7 Å². The van der Waals surface area contributed by atoms with Crippen molar-refractivity contribution in [3.63, 3.8) is 0 Å². The second kappa shape index (κ2) is 10.4. The van der Waals surface area contributed by atoms with Crippen molar-refractivity contribution >= 4 is 57.4 Å². The van der Waals surface area contributed by atoms with E-state index in [1.165, 1.54) is 17.0 Å². The first-order valence-electron chi connectivity index (χ1n) is 10.4. The molecule has 1 atom stereocenters. The molecule has 0 aromatic heterocycles. The molecule has 4 rings (SSSR count). The number of hydrogen-bond donors (Lipinski definition) is 1. The molecule has 3 aromatic rings. The Labute approximate surface area is 210 Å². The molecule has 3 aromatic carbocycles. The maximum Gasteiger partial charge on any atom is 0.252 e. The minimum absolute atomic E-state index is 0.0442. The summed E-state index contributed by atoms with van der Waals surface area (Å²) < 4.78 is 14.4. The fourth-order valence-corrected chi connectivity index (χ4v) is 4.40. The SMILES string of the molecule is O=C(CC1C(=O)N(Cc2ccccc2)C(=S)N1Cc1ccc(F)cc1)Nc1ccc(I)cc1. The Bertz CT molecular complexity index is 1160. The van der Waals surface area contributed by atoms with Gasteiger partial charge in [0.2, 0.25) is 5.91 Å². The molecule has 8 heteroatoms. The zero-order valence-corrected chi connectivity index (χ0v) is 20.6. The normalized spacial score (nSPS) is 15.8. The fraction of sp³-hybridized carbons (Fsp3) is 0.160. The second-order valence-corrected chi connectivity index (χ2v) is 9.33. The van der Waals surface area contributed by atoms with Gasteiger partial charge in [-0.2, -0.15) is 0 Å². The average Bonchev–Trinajstić information content (AvgIpc) is 3.02. The number of carbonyl (C=O) groups is 2. The highest BCUT2D eigenvalue weighted by molar-refractivity contribution is 14.1. The molecule has 1 N–H and O–H groups in total. The Hall–Kier alpha value is -2.85. The molecule has 0 bridgehead atoms. The van der Waals surface area contributed by atoms with Crippen LogP contribution in [0.1, 0.15) is 17.5 Å². The van der Waals surface area contributed by atoms with E-state index in [1.54, 1.807) is 17.0 Å². The quantitative estimate of drug-likeness (QED) is 0.321. The summed E-state index contributed by atoms with van der Waals surface area (Å²) in [4.78, 5) is 29.5. The van der Waals surface area contributed by atoms with E-state index >= 15 is 0 Å². The molecule has 2 amide bonds. The van der Waals surface area contributed by atoms with Crippen LogP contribution in [0.15, 0.2) is 78.9 Å². The summed E-state index contributed by atoms with van der Waals surface area (Å²) in [5.41, 5.74) is 2.41. The zero-order valence-electron chi connectivity index (χ0n) is 17.6. The number of nitrogens with zero attached hydrogens (tertiary/aromatic N) is 2. The number of rotatable bonds is 7. The summed E-state index contributed by atoms with van der Waals surface area (Å²) in [5.74, 6) is -0.829. The van der Waals surface area contributed by atoms with E-state index < -0.39 is 6.04 Å². The zero-order chi connectivity index (χ0) is 23.4. The predicted octanol–water partition coefficient (Wildman–Crippen LogP) is 4.96. The van der Waals surface area contributed by atoms with Crippen LogP contribution in [0.5, 0.6) is 0 Å². The van der Waals surface area contributed by atoms with Gasteiger partial charge in [-0.15, -0.1) is 0 Å². The number of benzene rings is 3. The van der Waals surface area contributed by atoms with Gasteiger partial charge in [0.15, 0.2) is 5.11 Å². The van der Waals surface area contributed by atoms with E-state index in [0.717, 1.165) is 14.7 Å². The molecule has 33 heavy (non-hydrogen) atoms. The summed E-state index contributed by atoms with van der Waals surface area (Å²) >= 11 is 7.86. The van der Waals surface area contributed by atoms with Gasteiger partial charge in [0, 0.05) is 15.8 Å². The number of halogens is 2. The van der Waals surface area contributed by atoms with Crippen molar-refractivity contribution in [2.24, 2.45) is 0 Å². The maximum atomic E-state index is 13.4. The molecule has 5 nitrogen and oxygen atoms in total. The first kappa shape index (κ1) is 23.3. The lowest BCUT2D eigenvalue weighted by Gasteiger charge is -2.24. The van der Waals surface area contributed by atoms with Crippen molar-refractivity contribution < 1.29 is 14.0 Å². The lowest BCUT2D eigenvalue weighted by atomic mass is 10.1. The minimum Gasteiger partial charge on any atom is -0.332 e. The van der Waals surface area contributed by atoms with E-state index in [-0.39, 0.29) is 24.1 Å². The molecule has 1 aliphatic heterocycles. The molecule has 0 saturated carbocycles. The molecule has 0 aliphatic carbocycles. The highest BCUT2D eigenvalue weighted by Gasteiger charge is 2.43. The van der Waals surface area contributed by atoms with Gasteiger partial charge >= 0.3 is 0 Å². The van der Waals surface area contributed by atoms with E-state index in [1.807, 2.05) is 54.6 Å². The summed E-state index contributed by atoms with van der Waals surface area (Å²) in [6, 6.07) is 22.3. The Balaban J connectivity index is 1.55.